The van der Waals surface area contributed by atoms with E-state index in [4.69, 9.17) is 32.4 Å². The summed E-state index contributed by atoms with van der Waals surface area (Å²) in [6.45, 7) is 7.10. The van der Waals surface area contributed by atoms with Crippen LogP contribution >= 0.6 is 23.2 Å². The molecule has 174 valence electrons. The topological polar surface area (TPSA) is 95.8 Å². The molecule has 1 fully saturated rings. The number of nitrogens with zero attached hydrogens (tertiary/aromatic N) is 1. The predicted octanol–water partition coefficient (Wildman–Crippen LogP) is 3.42. The van der Waals surface area contributed by atoms with Gasteiger partial charge in [-0.15, -0.1) is 0 Å². The first-order valence-corrected chi connectivity index (χ1v) is 11.2. The van der Waals surface area contributed by atoms with Gasteiger partial charge >= 0.3 is 6.03 Å². The first-order chi connectivity index (χ1) is 15.3. The summed E-state index contributed by atoms with van der Waals surface area (Å²) >= 11 is 12.1. The number of nitrogens with one attached hydrogen (secondary N) is 3. The zero-order valence-electron chi connectivity index (χ0n) is 18.1. The molecule has 8 nitrogen and oxygen atoms in total. The van der Waals surface area contributed by atoms with Crippen LogP contribution in [0.1, 0.15) is 35.7 Å². The summed E-state index contributed by atoms with van der Waals surface area (Å²) in [5.41, 5.74) is 1.07. The van der Waals surface area contributed by atoms with Gasteiger partial charge in [0, 0.05) is 32.2 Å². The molecule has 1 aliphatic heterocycles. The summed E-state index contributed by atoms with van der Waals surface area (Å²) in [7, 11) is 0. The Morgan fingerprint density at radius 2 is 1.97 bits per heavy atom. The van der Waals surface area contributed by atoms with Crippen molar-refractivity contribution in [3.63, 3.8) is 0 Å². The van der Waals surface area contributed by atoms with Crippen molar-refractivity contribution in [2.75, 3.05) is 26.2 Å². The number of hydrogen-bond acceptors (Lipinski definition) is 5. The van der Waals surface area contributed by atoms with E-state index in [0.717, 1.165) is 18.7 Å². The maximum atomic E-state index is 12.1. The Kier molecular flexibility index (Phi) is 8.81. The molecule has 2 aromatic rings. The predicted molar refractivity (Wildman–Crippen MR) is 123 cm³/mol. The van der Waals surface area contributed by atoms with Gasteiger partial charge in [0.1, 0.15) is 5.76 Å². The van der Waals surface area contributed by atoms with Crippen LogP contribution in [0.15, 0.2) is 34.7 Å². The van der Waals surface area contributed by atoms with E-state index < -0.39 is 0 Å². The molecule has 0 bridgehead atoms. The highest BCUT2D eigenvalue weighted by atomic mass is 35.5. The lowest BCUT2D eigenvalue weighted by atomic mass is 10.2. The second-order valence-electron chi connectivity index (χ2n) is 7.93. The fourth-order valence-electron chi connectivity index (χ4n) is 3.31. The van der Waals surface area contributed by atoms with Crippen LogP contribution in [0.25, 0.3) is 0 Å². The molecule has 1 saturated heterocycles. The van der Waals surface area contributed by atoms with E-state index in [9.17, 15) is 9.59 Å². The van der Waals surface area contributed by atoms with E-state index in [-0.39, 0.29) is 36.4 Å². The molecule has 1 aromatic carbocycles. The van der Waals surface area contributed by atoms with Crippen molar-refractivity contribution in [3.8, 4) is 0 Å². The lowest BCUT2D eigenvalue weighted by Gasteiger charge is -2.33. The molecule has 0 unspecified atom stereocenters. The third-order valence-corrected chi connectivity index (χ3v) is 5.57. The van der Waals surface area contributed by atoms with Crippen LogP contribution in [-0.2, 0) is 17.8 Å². The van der Waals surface area contributed by atoms with Crippen LogP contribution in [0.3, 0.4) is 0 Å². The first kappa shape index (κ1) is 24.4. The molecule has 1 aliphatic rings. The van der Waals surface area contributed by atoms with E-state index in [1.807, 2.05) is 26.0 Å². The van der Waals surface area contributed by atoms with Crippen LogP contribution in [0.2, 0.25) is 10.0 Å². The molecule has 0 spiro atoms. The largest absolute Gasteiger partial charge is 0.454 e. The fourth-order valence-corrected chi connectivity index (χ4v) is 3.63. The molecule has 0 saturated carbocycles. The Bertz CT molecular complexity index is 934. The second-order valence-corrected chi connectivity index (χ2v) is 8.75. The number of hydrogen-bond donors (Lipinski definition) is 3. The number of furan rings is 1. The lowest BCUT2D eigenvalue weighted by molar-refractivity contribution is -0.0287. The smallest absolute Gasteiger partial charge is 0.315 e. The first-order valence-electron chi connectivity index (χ1n) is 10.5. The minimum Gasteiger partial charge on any atom is -0.454 e. The molecule has 10 heteroatoms. The fraction of sp³-hybridized carbons (Fsp3) is 0.455. The van der Waals surface area contributed by atoms with Gasteiger partial charge in [-0.2, -0.15) is 0 Å². The number of ether oxygens (including phenoxy) is 1. The molecule has 3 rings (SSSR count). The molecule has 1 aromatic heterocycles. The van der Waals surface area contributed by atoms with E-state index in [0.29, 0.717) is 35.5 Å². The van der Waals surface area contributed by atoms with Crippen molar-refractivity contribution < 1.29 is 18.7 Å². The number of carbonyl (C=O) groups excluding carboxylic acids is 2. The summed E-state index contributed by atoms with van der Waals surface area (Å²) in [4.78, 5) is 26.3. The van der Waals surface area contributed by atoms with Crippen molar-refractivity contribution in [1.29, 1.82) is 0 Å². The molecule has 2 heterocycles. The van der Waals surface area contributed by atoms with Crippen molar-refractivity contribution in [2.24, 2.45) is 0 Å². The second kappa shape index (κ2) is 11.6. The summed E-state index contributed by atoms with van der Waals surface area (Å²) in [5, 5.41) is 9.37. The SMILES string of the molecule is CC(C)NC(=O)c1ccc(CNC(=O)NC[C@H]2CN(Cc3ccc(Cl)c(Cl)c3)CCO2)o1. The Morgan fingerprint density at radius 1 is 1.16 bits per heavy atom. The highest BCUT2D eigenvalue weighted by Gasteiger charge is 2.21. The van der Waals surface area contributed by atoms with Gasteiger partial charge in [0.15, 0.2) is 5.76 Å². The number of amides is 3. The van der Waals surface area contributed by atoms with Gasteiger partial charge in [0.25, 0.3) is 5.91 Å². The summed E-state index contributed by atoms with van der Waals surface area (Å²) < 4.78 is 11.2. The minimum absolute atomic E-state index is 0.0156. The molecular formula is C22H28Cl2N4O4. The number of halogens is 2. The highest BCUT2D eigenvalue weighted by molar-refractivity contribution is 6.42. The van der Waals surface area contributed by atoms with E-state index >= 15 is 0 Å². The van der Waals surface area contributed by atoms with Gasteiger partial charge in [0.2, 0.25) is 0 Å². The summed E-state index contributed by atoms with van der Waals surface area (Å²) in [6.07, 6.45) is -0.118. The normalized spacial score (nSPS) is 16.7. The molecule has 3 amide bonds. The molecule has 0 radical (unpaired) electrons. The molecule has 1 atom stereocenters. The summed E-state index contributed by atoms with van der Waals surface area (Å²) in [5.74, 6) is 0.430. The molecule has 3 N–H and O–H groups in total. The van der Waals surface area contributed by atoms with Crippen LogP contribution in [-0.4, -0.2) is 55.2 Å². The third-order valence-electron chi connectivity index (χ3n) is 4.83. The number of morpholine rings is 1. The van der Waals surface area contributed by atoms with Gasteiger partial charge < -0.3 is 25.1 Å². The Morgan fingerprint density at radius 3 is 2.72 bits per heavy atom. The maximum absolute atomic E-state index is 12.1. The van der Waals surface area contributed by atoms with Gasteiger partial charge in [-0.1, -0.05) is 29.3 Å². The number of urea groups is 1. The van der Waals surface area contributed by atoms with Gasteiger partial charge in [-0.3, -0.25) is 9.69 Å². The standard InChI is InChI=1S/C22H28Cl2N4O4/c1-14(2)27-21(29)20-6-4-16(32-20)10-25-22(30)26-11-17-13-28(7-8-31-17)12-15-3-5-18(23)19(24)9-15/h3-6,9,14,17H,7-8,10-13H2,1-2H3,(H,27,29)(H2,25,26,30)/t17-/m0/s1. The monoisotopic (exact) mass is 482 g/mol. The van der Waals surface area contributed by atoms with Crippen molar-refractivity contribution in [3.05, 3.63) is 57.5 Å². The number of benzene rings is 1. The Balaban J connectivity index is 1.39. The van der Waals surface area contributed by atoms with Crippen LogP contribution in [0, 0.1) is 0 Å². The minimum atomic E-state index is -0.334. The summed E-state index contributed by atoms with van der Waals surface area (Å²) in [6, 6.07) is 8.55. The number of rotatable bonds is 8. The zero-order valence-corrected chi connectivity index (χ0v) is 19.6. The average Bonchev–Trinajstić information content (AvgIpc) is 3.23. The van der Waals surface area contributed by atoms with E-state index in [2.05, 4.69) is 20.9 Å². The molecular weight excluding hydrogens is 455 g/mol. The maximum Gasteiger partial charge on any atom is 0.315 e. The third kappa shape index (κ3) is 7.41. The average molecular weight is 483 g/mol. The highest BCUT2D eigenvalue weighted by Crippen LogP contribution is 2.23. The van der Waals surface area contributed by atoms with Crippen molar-refractivity contribution >= 4 is 35.1 Å². The Hall–Kier alpha value is -2.26. The van der Waals surface area contributed by atoms with Crippen molar-refractivity contribution in [2.45, 2.75) is 39.1 Å². The van der Waals surface area contributed by atoms with Crippen LogP contribution < -0.4 is 16.0 Å². The molecule has 32 heavy (non-hydrogen) atoms. The van der Waals surface area contributed by atoms with Crippen LogP contribution in [0.4, 0.5) is 4.79 Å². The number of carbonyl (C=O) groups is 2. The lowest BCUT2D eigenvalue weighted by Crippen LogP contribution is -2.48. The molecule has 0 aliphatic carbocycles. The zero-order chi connectivity index (χ0) is 23.1. The van der Waals surface area contributed by atoms with Gasteiger partial charge in [-0.05, 0) is 43.7 Å². The van der Waals surface area contributed by atoms with E-state index in [1.165, 1.54) is 0 Å². The Labute approximate surface area is 197 Å². The quantitative estimate of drug-likeness (QED) is 0.535. The van der Waals surface area contributed by atoms with Gasteiger partial charge in [0.05, 0.1) is 29.3 Å². The van der Waals surface area contributed by atoms with Gasteiger partial charge in [-0.25, -0.2) is 4.79 Å². The van der Waals surface area contributed by atoms with E-state index in [1.54, 1.807) is 18.2 Å². The van der Waals surface area contributed by atoms with Crippen LogP contribution in [0.5, 0.6) is 0 Å². The van der Waals surface area contributed by atoms with Crippen molar-refractivity contribution in [1.82, 2.24) is 20.9 Å².